The lowest BCUT2D eigenvalue weighted by atomic mass is 9.93. The summed E-state index contributed by atoms with van der Waals surface area (Å²) in [6, 6.07) is -0.0556. The Bertz CT molecular complexity index is 818. The highest BCUT2D eigenvalue weighted by atomic mass is 16.6. The Balaban J connectivity index is 1.37. The van der Waals surface area contributed by atoms with E-state index in [1.165, 1.54) is 5.57 Å². The van der Waals surface area contributed by atoms with Crippen LogP contribution in [0.5, 0.6) is 0 Å². The van der Waals surface area contributed by atoms with E-state index in [-0.39, 0.29) is 42.5 Å². The van der Waals surface area contributed by atoms with Gasteiger partial charge in [-0.15, -0.1) is 0 Å². The molecule has 0 aromatic rings. The minimum Gasteiger partial charge on any atom is -0.390 e. The summed E-state index contributed by atoms with van der Waals surface area (Å²) in [6.45, 7) is 5.06. The van der Waals surface area contributed by atoms with Crippen LogP contribution in [0.2, 0.25) is 0 Å². The number of rotatable bonds is 3. The van der Waals surface area contributed by atoms with Crippen LogP contribution in [0.3, 0.4) is 0 Å². The quantitative estimate of drug-likeness (QED) is 0.453. The molecule has 1 saturated heterocycles. The molecule has 4 rings (SSSR count). The molecule has 4 heterocycles. The number of ether oxygens (including phenoxy) is 3. The van der Waals surface area contributed by atoms with Gasteiger partial charge in [0.2, 0.25) is 5.91 Å². The van der Waals surface area contributed by atoms with Crippen molar-refractivity contribution in [2.45, 2.75) is 114 Å². The van der Waals surface area contributed by atoms with E-state index < -0.39 is 6.10 Å². The van der Waals surface area contributed by atoms with E-state index in [9.17, 15) is 9.90 Å². The minimum absolute atomic E-state index is 0.00186. The first kappa shape index (κ1) is 26.3. The number of nitrogens with one attached hydrogen (secondary N) is 1. The van der Waals surface area contributed by atoms with Crippen molar-refractivity contribution in [3.63, 3.8) is 0 Å². The molecule has 4 aliphatic rings. The van der Waals surface area contributed by atoms with E-state index in [0.29, 0.717) is 31.8 Å². The molecule has 0 unspecified atom stereocenters. The number of amides is 1. The molecule has 6 heteroatoms. The second-order valence-corrected chi connectivity index (χ2v) is 10.8. The van der Waals surface area contributed by atoms with E-state index in [1.807, 2.05) is 6.08 Å². The molecule has 0 aliphatic carbocycles. The Morgan fingerprint density at radius 1 is 1.17 bits per heavy atom. The molecule has 1 amide bonds. The zero-order valence-corrected chi connectivity index (χ0v) is 21.3. The number of aliphatic hydroxyl groups is 1. The monoisotopic (exact) mass is 485 g/mol. The molecule has 4 aliphatic heterocycles. The van der Waals surface area contributed by atoms with Crippen molar-refractivity contribution in [2.24, 2.45) is 5.92 Å². The fourth-order valence-corrected chi connectivity index (χ4v) is 5.45. The lowest BCUT2D eigenvalue weighted by Crippen LogP contribution is -2.35. The molecule has 0 aromatic carbocycles. The Morgan fingerprint density at radius 3 is 2.91 bits per heavy atom. The second-order valence-electron chi connectivity index (χ2n) is 10.8. The smallest absolute Gasteiger partial charge is 0.243 e. The highest BCUT2D eigenvalue weighted by molar-refractivity contribution is 5.87. The van der Waals surface area contributed by atoms with Gasteiger partial charge in [-0.1, -0.05) is 61.8 Å². The van der Waals surface area contributed by atoms with Crippen molar-refractivity contribution >= 4 is 5.91 Å². The van der Waals surface area contributed by atoms with Gasteiger partial charge in [-0.2, -0.15) is 0 Å². The number of fused-ring (bicyclic) bond motifs is 3. The second kappa shape index (κ2) is 13.0. The average molecular weight is 486 g/mol. The van der Waals surface area contributed by atoms with E-state index in [2.05, 4.69) is 49.5 Å². The summed E-state index contributed by atoms with van der Waals surface area (Å²) >= 11 is 0. The summed E-state index contributed by atoms with van der Waals surface area (Å²) in [5.74, 6) is 0.457. The minimum atomic E-state index is -0.443. The topological polar surface area (TPSA) is 80.3 Å². The van der Waals surface area contributed by atoms with E-state index in [1.54, 1.807) is 6.08 Å². The average Bonchev–Trinajstić information content (AvgIpc) is 3.58. The van der Waals surface area contributed by atoms with Crippen molar-refractivity contribution in [2.75, 3.05) is 6.61 Å². The summed E-state index contributed by atoms with van der Waals surface area (Å²) in [5.41, 5.74) is 1.35. The maximum atomic E-state index is 12.7. The largest absolute Gasteiger partial charge is 0.390 e. The maximum Gasteiger partial charge on any atom is 0.243 e. The summed E-state index contributed by atoms with van der Waals surface area (Å²) in [7, 11) is 0. The van der Waals surface area contributed by atoms with Crippen LogP contribution in [0.15, 0.2) is 48.1 Å². The molecular weight excluding hydrogens is 442 g/mol. The first-order valence-electron chi connectivity index (χ1n) is 13.5. The fraction of sp³-hybridized carbons (Fsp3) is 0.690. The van der Waals surface area contributed by atoms with Crippen LogP contribution in [0.4, 0.5) is 0 Å². The number of carbonyl (C=O) groups excluding carboxylic acids is 1. The van der Waals surface area contributed by atoms with Crippen molar-refractivity contribution in [3.8, 4) is 0 Å². The van der Waals surface area contributed by atoms with Gasteiger partial charge >= 0.3 is 0 Å². The Morgan fingerprint density at radius 2 is 2.06 bits per heavy atom. The van der Waals surface area contributed by atoms with Crippen LogP contribution >= 0.6 is 0 Å². The van der Waals surface area contributed by atoms with Crippen molar-refractivity contribution < 1.29 is 24.1 Å². The number of hydrogen-bond donors (Lipinski definition) is 2. The third kappa shape index (κ3) is 8.71. The predicted molar refractivity (Wildman–Crippen MR) is 137 cm³/mol. The van der Waals surface area contributed by atoms with Gasteiger partial charge in [-0.25, -0.2) is 0 Å². The van der Waals surface area contributed by atoms with Gasteiger partial charge in [0.15, 0.2) is 0 Å². The highest BCUT2D eigenvalue weighted by Crippen LogP contribution is 2.33. The number of epoxide rings is 1. The van der Waals surface area contributed by atoms with Gasteiger partial charge in [0.1, 0.15) is 6.10 Å². The van der Waals surface area contributed by atoms with Crippen molar-refractivity contribution in [1.82, 2.24) is 5.32 Å². The maximum absolute atomic E-state index is 12.7. The van der Waals surface area contributed by atoms with Gasteiger partial charge in [-0.3, -0.25) is 4.79 Å². The van der Waals surface area contributed by atoms with Crippen LogP contribution in [-0.4, -0.2) is 60.3 Å². The molecule has 35 heavy (non-hydrogen) atoms. The van der Waals surface area contributed by atoms with E-state index in [0.717, 1.165) is 38.5 Å². The Labute approximate surface area is 210 Å². The zero-order valence-electron chi connectivity index (χ0n) is 21.3. The normalized spacial score (nSPS) is 40.2. The molecule has 2 bridgehead atoms. The van der Waals surface area contributed by atoms with Gasteiger partial charge in [0.25, 0.3) is 0 Å². The molecule has 194 valence electrons. The number of aliphatic hydroxyl groups excluding tert-OH is 1. The third-order valence-corrected chi connectivity index (χ3v) is 7.52. The SMILES string of the molecule is CC1=CCO[C@H](/C=C/C[C@@H]2C[C@@H]3O[C@H]3[C@@H](O)CCC[C@H](C)C[C@@H]3CC=C[C@@H](C/C=C\C(=O)N2)O3)C1. The van der Waals surface area contributed by atoms with Gasteiger partial charge in [0.05, 0.1) is 37.1 Å². The summed E-state index contributed by atoms with van der Waals surface area (Å²) < 4.78 is 17.9. The summed E-state index contributed by atoms with van der Waals surface area (Å²) in [6.07, 6.45) is 21.8. The Kier molecular flexibility index (Phi) is 9.78. The lowest BCUT2D eigenvalue weighted by molar-refractivity contribution is -0.117. The van der Waals surface area contributed by atoms with Crippen LogP contribution < -0.4 is 5.32 Å². The Hall–Kier alpha value is -1.73. The third-order valence-electron chi connectivity index (χ3n) is 7.52. The van der Waals surface area contributed by atoms with Gasteiger partial charge < -0.3 is 24.6 Å². The first-order valence-corrected chi connectivity index (χ1v) is 13.5. The highest BCUT2D eigenvalue weighted by Gasteiger charge is 2.44. The zero-order chi connectivity index (χ0) is 24.6. The van der Waals surface area contributed by atoms with Gasteiger partial charge in [0, 0.05) is 6.04 Å². The van der Waals surface area contributed by atoms with Crippen LogP contribution in [0.1, 0.15) is 71.6 Å². The molecule has 0 spiro atoms. The number of hydrogen-bond acceptors (Lipinski definition) is 5. The molecular formula is C29H43NO5. The fourth-order valence-electron chi connectivity index (χ4n) is 5.45. The lowest BCUT2D eigenvalue weighted by Gasteiger charge is -2.27. The molecule has 8 atom stereocenters. The van der Waals surface area contributed by atoms with E-state index in [4.69, 9.17) is 14.2 Å². The van der Waals surface area contributed by atoms with Crippen LogP contribution in [0.25, 0.3) is 0 Å². The first-order chi connectivity index (χ1) is 17.0. The van der Waals surface area contributed by atoms with Crippen molar-refractivity contribution in [3.05, 3.63) is 48.1 Å². The molecule has 0 saturated carbocycles. The summed E-state index contributed by atoms with van der Waals surface area (Å²) in [5, 5.41) is 13.8. The van der Waals surface area contributed by atoms with Crippen LogP contribution in [-0.2, 0) is 19.0 Å². The molecule has 2 N–H and O–H groups in total. The number of carbonyl (C=O) groups is 1. The standard InChI is InChI=1S/C29H43NO5/c1-20-7-3-13-26(31)29-27(35-29)19-22(8-4-11-24-17-21(2)15-16-33-24)30-28(32)14-6-10-23-9-5-12-25(18-20)34-23/h4-6,9,11,14-15,20,22-27,29,31H,3,7-8,10,12-13,16-19H2,1-2H3,(H,30,32)/b11-4+,14-6-/t20-,22+,23-,24+,25-,26-,27-,29-/m0/s1. The van der Waals surface area contributed by atoms with Gasteiger partial charge in [-0.05, 0) is 63.9 Å². The predicted octanol–water partition coefficient (Wildman–Crippen LogP) is 4.54. The van der Waals surface area contributed by atoms with Crippen molar-refractivity contribution in [1.29, 1.82) is 0 Å². The molecule has 0 aromatic heterocycles. The molecule has 6 nitrogen and oxygen atoms in total. The van der Waals surface area contributed by atoms with Crippen LogP contribution in [0, 0.1) is 5.92 Å². The van der Waals surface area contributed by atoms with E-state index >= 15 is 0 Å². The molecule has 1 fully saturated rings. The summed E-state index contributed by atoms with van der Waals surface area (Å²) in [4.78, 5) is 12.7. The molecule has 0 radical (unpaired) electrons.